The second-order valence-corrected chi connectivity index (χ2v) is 4.14. The summed E-state index contributed by atoms with van der Waals surface area (Å²) in [5.41, 5.74) is 7.26. The standard InChI is InChI=1S/C15H13N3O2/c1-10(19)18-12-6-7-13(17)15(8-12)20-14-5-3-2-4-11(14)9-16/h2-8H,17H2,1H3,(H,18,19). The molecule has 0 unspecified atom stereocenters. The van der Waals surface area contributed by atoms with E-state index in [-0.39, 0.29) is 5.91 Å². The van der Waals surface area contributed by atoms with Gasteiger partial charge in [0.05, 0.1) is 11.3 Å². The summed E-state index contributed by atoms with van der Waals surface area (Å²) in [4.78, 5) is 11.0. The van der Waals surface area contributed by atoms with Crippen molar-refractivity contribution in [2.75, 3.05) is 11.1 Å². The van der Waals surface area contributed by atoms with Gasteiger partial charge in [-0.25, -0.2) is 0 Å². The van der Waals surface area contributed by atoms with Crippen molar-refractivity contribution in [1.82, 2.24) is 0 Å². The number of hydrogen-bond acceptors (Lipinski definition) is 4. The van der Waals surface area contributed by atoms with Crippen LogP contribution in [-0.2, 0) is 4.79 Å². The number of rotatable bonds is 3. The molecule has 0 aliphatic rings. The predicted octanol–water partition coefficient (Wildman–Crippen LogP) is 2.89. The number of nitrogens with two attached hydrogens (primary N) is 1. The molecule has 0 spiro atoms. The van der Waals surface area contributed by atoms with Crippen LogP contribution < -0.4 is 15.8 Å². The number of hydrogen-bond donors (Lipinski definition) is 2. The van der Waals surface area contributed by atoms with Crippen molar-refractivity contribution >= 4 is 17.3 Å². The Bertz CT molecular complexity index is 690. The van der Waals surface area contributed by atoms with Gasteiger partial charge in [0.2, 0.25) is 5.91 Å². The quantitative estimate of drug-likeness (QED) is 0.837. The van der Waals surface area contributed by atoms with Crippen LogP contribution in [0.5, 0.6) is 11.5 Å². The molecule has 2 rings (SSSR count). The molecule has 0 atom stereocenters. The number of ether oxygens (including phenoxy) is 1. The smallest absolute Gasteiger partial charge is 0.221 e. The predicted molar refractivity (Wildman–Crippen MR) is 76.4 cm³/mol. The number of para-hydroxylation sites is 1. The molecule has 0 heterocycles. The number of nitriles is 1. The molecule has 5 nitrogen and oxygen atoms in total. The van der Waals surface area contributed by atoms with E-state index < -0.39 is 0 Å². The van der Waals surface area contributed by atoms with Gasteiger partial charge in [-0.3, -0.25) is 4.79 Å². The zero-order valence-electron chi connectivity index (χ0n) is 10.9. The minimum atomic E-state index is -0.182. The van der Waals surface area contributed by atoms with Gasteiger partial charge in [-0.1, -0.05) is 12.1 Å². The average molecular weight is 267 g/mol. The lowest BCUT2D eigenvalue weighted by Crippen LogP contribution is -2.06. The number of carbonyl (C=O) groups is 1. The molecule has 0 saturated carbocycles. The fourth-order valence-electron chi connectivity index (χ4n) is 1.67. The van der Waals surface area contributed by atoms with Crippen LogP contribution in [0.3, 0.4) is 0 Å². The lowest BCUT2D eigenvalue weighted by Gasteiger charge is -2.11. The fraction of sp³-hybridized carbons (Fsp3) is 0.0667. The highest BCUT2D eigenvalue weighted by molar-refractivity contribution is 5.89. The molecule has 20 heavy (non-hydrogen) atoms. The molecule has 5 heteroatoms. The van der Waals surface area contributed by atoms with E-state index in [1.54, 1.807) is 42.5 Å². The van der Waals surface area contributed by atoms with E-state index in [9.17, 15) is 4.79 Å². The highest BCUT2D eigenvalue weighted by Crippen LogP contribution is 2.31. The SMILES string of the molecule is CC(=O)Nc1ccc(N)c(Oc2ccccc2C#N)c1. The van der Waals surface area contributed by atoms with Crippen molar-refractivity contribution in [3.8, 4) is 17.6 Å². The van der Waals surface area contributed by atoms with Crippen LogP contribution in [0, 0.1) is 11.3 Å². The summed E-state index contributed by atoms with van der Waals surface area (Å²) in [6.07, 6.45) is 0. The van der Waals surface area contributed by atoms with E-state index in [4.69, 9.17) is 15.7 Å². The second-order valence-electron chi connectivity index (χ2n) is 4.14. The summed E-state index contributed by atoms with van der Waals surface area (Å²) >= 11 is 0. The first kappa shape index (κ1) is 13.4. The molecule has 0 fully saturated rings. The number of nitrogen functional groups attached to an aromatic ring is 1. The molecule has 0 saturated heterocycles. The summed E-state index contributed by atoms with van der Waals surface area (Å²) in [7, 11) is 0. The van der Waals surface area contributed by atoms with E-state index in [0.29, 0.717) is 28.4 Å². The van der Waals surface area contributed by atoms with Crippen LogP contribution >= 0.6 is 0 Å². The average Bonchev–Trinajstić information content (AvgIpc) is 2.42. The van der Waals surface area contributed by atoms with Crippen LogP contribution in [0.4, 0.5) is 11.4 Å². The van der Waals surface area contributed by atoms with E-state index in [1.807, 2.05) is 6.07 Å². The summed E-state index contributed by atoms with van der Waals surface area (Å²) in [6.45, 7) is 1.42. The molecule has 0 aliphatic heterocycles. The molecule has 0 bridgehead atoms. The second kappa shape index (κ2) is 5.76. The third kappa shape index (κ3) is 3.06. The first-order valence-corrected chi connectivity index (χ1v) is 5.94. The number of benzene rings is 2. The zero-order valence-corrected chi connectivity index (χ0v) is 10.9. The maximum absolute atomic E-state index is 11.0. The largest absolute Gasteiger partial charge is 0.454 e. The number of anilines is 2. The highest BCUT2D eigenvalue weighted by Gasteiger charge is 2.08. The van der Waals surface area contributed by atoms with Gasteiger partial charge < -0.3 is 15.8 Å². The molecule has 2 aromatic rings. The summed E-state index contributed by atoms with van der Waals surface area (Å²) in [6, 6.07) is 13.8. The van der Waals surface area contributed by atoms with Gasteiger partial charge in [0.1, 0.15) is 11.8 Å². The van der Waals surface area contributed by atoms with Gasteiger partial charge in [-0.05, 0) is 24.3 Å². The van der Waals surface area contributed by atoms with Crippen molar-refractivity contribution in [3.05, 3.63) is 48.0 Å². The maximum Gasteiger partial charge on any atom is 0.221 e. The van der Waals surface area contributed by atoms with Gasteiger partial charge in [0, 0.05) is 18.7 Å². The van der Waals surface area contributed by atoms with Crippen molar-refractivity contribution in [1.29, 1.82) is 5.26 Å². The number of amides is 1. The summed E-state index contributed by atoms with van der Waals surface area (Å²) in [5, 5.41) is 11.7. The third-order valence-corrected chi connectivity index (χ3v) is 2.56. The highest BCUT2D eigenvalue weighted by atomic mass is 16.5. The van der Waals surface area contributed by atoms with Crippen LogP contribution in [0.1, 0.15) is 12.5 Å². The van der Waals surface area contributed by atoms with Crippen LogP contribution in [0.15, 0.2) is 42.5 Å². The van der Waals surface area contributed by atoms with Gasteiger partial charge in [-0.2, -0.15) is 5.26 Å². The van der Waals surface area contributed by atoms with Crippen molar-refractivity contribution in [3.63, 3.8) is 0 Å². The van der Waals surface area contributed by atoms with E-state index in [1.165, 1.54) is 6.92 Å². The molecule has 2 aromatic carbocycles. The van der Waals surface area contributed by atoms with Crippen molar-refractivity contribution in [2.45, 2.75) is 6.92 Å². The monoisotopic (exact) mass is 267 g/mol. The molecule has 0 radical (unpaired) electrons. The molecular weight excluding hydrogens is 254 g/mol. The number of nitrogens with zero attached hydrogens (tertiary/aromatic N) is 1. The Kier molecular flexibility index (Phi) is 3.87. The topological polar surface area (TPSA) is 88.1 Å². The lowest BCUT2D eigenvalue weighted by atomic mass is 10.2. The van der Waals surface area contributed by atoms with E-state index >= 15 is 0 Å². The van der Waals surface area contributed by atoms with Crippen LogP contribution in [0.25, 0.3) is 0 Å². The number of carbonyl (C=O) groups excluding carboxylic acids is 1. The Morgan fingerprint density at radius 2 is 2.00 bits per heavy atom. The van der Waals surface area contributed by atoms with Gasteiger partial charge >= 0.3 is 0 Å². The minimum Gasteiger partial charge on any atom is -0.454 e. The van der Waals surface area contributed by atoms with Gasteiger partial charge in [0.15, 0.2) is 5.75 Å². The Labute approximate surface area is 116 Å². The Morgan fingerprint density at radius 3 is 2.70 bits per heavy atom. The van der Waals surface area contributed by atoms with Crippen molar-refractivity contribution in [2.24, 2.45) is 0 Å². The van der Waals surface area contributed by atoms with Crippen LogP contribution in [0.2, 0.25) is 0 Å². The molecule has 0 aliphatic carbocycles. The summed E-state index contributed by atoms with van der Waals surface area (Å²) in [5.74, 6) is 0.624. The Balaban J connectivity index is 2.33. The Hall–Kier alpha value is -3.00. The zero-order chi connectivity index (χ0) is 14.5. The molecular formula is C15H13N3O2. The lowest BCUT2D eigenvalue weighted by molar-refractivity contribution is -0.114. The molecule has 0 aromatic heterocycles. The maximum atomic E-state index is 11.0. The van der Waals surface area contributed by atoms with Crippen molar-refractivity contribution < 1.29 is 9.53 Å². The minimum absolute atomic E-state index is 0.182. The fourth-order valence-corrected chi connectivity index (χ4v) is 1.67. The van der Waals surface area contributed by atoms with E-state index in [0.717, 1.165) is 0 Å². The van der Waals surface area contributed by atoms with Crippen LogP contribution in [-0.4, -0.2) is 5.91 Å². The molecule has 1 amide bonds. The van der Waals surface area contributed by atoms with Gasteiger partial charge in [-0.15, -0.1) is 0 Å². The van der Waals surface area contributed by atoms with E-state index in [2.05, 4.69) is 5.32 Å². The molecule has 3 N–H and O–H groups in total. The normalized spacial score (nSPS) is 9.60. The Morgan fingerprint density at radius 1 is 1.25 bits per heavy atom. The first-order valence-electron chi connectivity index (χ1n) is 5.94. The first-order chi connectivity index (χ1) is 9.60. The summed E-state index contributed by atoms with van der Waals surface area (Å²) < 4.78 is 5.65. The number of nitrogens with one attached hydrogen (secondary N) is 1. The van der Waals surface area contributed by atoms with Gasteiger partial charge in [0.25, 0.3) is 0 Å². The third-order valence-electron chi connectivity index (χ3n) is 2.56. The molecule has 100 valence electrons.